The van der Waals surface area contributed by atoms with E-state index in [1.165, 1.54) is 50.2 Å². The van der Waals surface area contributed by atoms with E-state index in [-0.39, 0.29) is 94.2 Å². The maximum Gasteiger partial charge on any atom is 0.340 e. The van der Waals surface area contributed by atoms with E-state index in [1.54, 1.807) is 24.3 Å². The number of halogens is 4. The zero-order valence-corrected chi connectivity index (χ0v) is 32.6. The molecule has 2 amide bonds. The highest BCUT2D eigenvalue weighted by atomic mass is 19.1. The Morgan fingerprint density at radius 1 is 0.548 bits per heavy atom. The first-order chi connectivity index (χ1) is 29.4. The molecule has 2 aromatic heterocycles. The van der Waals surface area contributed by atoms with Crippen molar-refractivity contribution in [2.45, 2.75) is 51.0 Å². The van der Waals surface area contributed by atoms with E-state index in [9.17, 15) is 47.0 Å². The molecule has 0 spiro atoms. The molecule has 0 saturated carbocycles. The molecule has 62 heavy (non-hydrogen) atoms. The van der Waals surface area contributed by atoms with Crippen LogP contribution in [0.4, 0.5) is 17.6 Å². The van der Waals surface area contributed by atoms with Gasteiger partial charge in [0.15, 0.2) is 22.9 Å². The molecule has 2 atom stereocenters. The van der Waals surface area contributed by atoms with E-state index in [0.29, 0.717) is 22.5 Å². The largest absolute Gasteiger partial charge is 0.479 e. The number of carboxylic acid groups (broad SMARTS) is 2. The van der Waals surface area contributed by atoms with Crippen molar-refractivity contribution < 1.29 is 57.2 Å². The lowest BCUT2D eigenvalue weighted by atomic mass is 9.94. The van der Waals surface area contributed by atoms with Gasteiger partial charge < -0.3 is 31.1 Å². The zero-order valence-electron chi connectivity index (χ0n) is 32.6. The van der Waals surface area contributed by atoms with Gasteiger partial charge in [0.05, 0.1) is 58.1 Å². The molecule has 0 fully saturated rings. The standard InChI is InChI=1S/2C22H17F2N3O4/c2*1-22(31,21(29)30)12-7-5-11(6-8-12)9-15-18-16(10-25-20(18)28)27-19(26-15)17-13(23)3-2-4-14(17)24/h2*2-8,31H,9-10H2,1H3,(H,25,28)(H,29,30)/t22-;/m1./s1. The zero-order chi connectivity index (χ0) is 44.7. The molecule has 6 aromatic rings. The van der Waals surface area contributed by atoms with Crippen LogP contribution in [-0.2, 0) is 46.7 Å². The van der Waals surface area contributed by atoms with Gasteiger partial charge in [0.1, 0.15) is 23.3 Å². The third kappa shape index (κ3) is 8.20. The van der Waals surface area contributed by atoms with Crippen LogP contribution < -0.4 is 10.6 Å². The fraction of sp³-hybridized carbons (Fsp3) is 0.182. The van der Waals surface area contributed by atoms with Gasteiger partial charge in [-0.05, 0) is 60.4 Å². The summed E-state index contributed by atoms with van der Waals surface area (Å²) in [5, 5.41) is 43.7. The molecule has 4 heterocycles. The van der Waals surface area contributed by atoms with Crippen LogP contribution in [0.2, 0.25) is 0 Å². The number of carboxylic acids is 2. The van der Waals surface area contributed by atoms with Gasteiger partial charge in [-0.2, -0.15) is 0 Å². The van der Waals surface area contributed by atoms with Crippen LogP contribution in [0.5, 0.6) is 0 Å². The lowest BCUT2D eigenvalue weighted by Gasteiger charge is -2.18. The summed E-state index contributed by atoms with van der Waals surface area (Å²) in [4.78, 5) is 63.9. The van der Waals surface area contributed by atoms with Crippen LogP contribution in [0.3, 0.4) is 0 Å². The van der Waals surface area contributed by atoms with Crippen molar-refractivity contribution in [2.75, 3.05) is 0 Å². The summed E-state index contributed by atoms with van der Waals surface area (Å²) in [6.07, 6.45) is 0.272. The Bertz CT molecular complexity index is 2570. The number of carbonyl (C=O) groups excluding carboxylic acids is 2. The summed E-state index contributed by atoms with van der Waals surface area (Å²) in [5.41, 5.74) is -1.40. The molecule has 14 nitrogen and oxygen atoms in total. The molecule has 2 aliphatic rings. The lowest BCUT2D eigenvalue weighted by Crippen LogP contribution is -2.31. The van der Waals surface area contributed by atoms with Crippen molar-refractivity contribution in [3.63, 3.8) is 0 Å². The Balaban J connectivity index is 0.000000186. The number of hydrogen-bond donors (Lipinski definition) is 6. The normalized spacial score (nSPS) is 14.6. The highest BCUT2D eigenvalue weighted by Gasteiger charge is 2.34. The summed E-state index contributed by atoms with van der Waals surface area (Å²) in [6, 6.07) is 19.1. The number of benzene rings is 4. The molecule has 0 aliphatic carbocycles. The molecule has 0 saturated heterocycles. The Labute approximate surface area is 349 Å². The summed E-state index contributed by atoms with van der Waals surface area (Å²) in [7, 11) is 0. The predicted molar refractivity (Wildman–Crippen MR) is 210 cm³/mol. The number of aliphatic carboxylic acids is 2. The SMILES string of the molecule is CC(O)(C(=O)O)c1ccc(Cc2nc(-c3c(F)cccc3F)nc3c2C(=O)NC3)cc1.C[C@](O)(C(=O)O)c1ccc(Cc2nc(-c3c(F)cccc3F)nc3c2C(=O)NC3)cc1. The first-order valence-corrected chi connectivity index (χ1v) is 18.7. The van der Waals surface area contributed by atoms with E-state index < -0.39 is 46.4 Å². The molecule has 4 aromatic carbocycles. The molecule has 18 heteroatoms. The van der Waals surface area contributed by atoms with Crippen molar-refractivity contribution in [2.24, 2.45) is 0 Å². The van der Waals surface area contributed by atoms with E-state index in [4.69, 9.17) is 10.2 Å². The Morgan fingerprint density at radius 3 is 1.18 bits per heavy atom. The number of nitrogens with one attached hydrogen (secondary N) is 2. The second-order valence-corrected chi connectivity index (χ2v) is 14.7. The Hall–Kier alpha value is -7.44. The smallest absolute Gasteiger partial charge is 0.340 e. The summed E-state index contributed by atoms with van der Waals surface area (Å²) < 4.78 is 57.1. The summed E-state index contributed by atoms with van der Waals surface area (Å²) >= 11 is 0. The van der Waals surface area contributed by atoms with Crippen molar-refractivity contribution in [1.82, 2.24) is 30.6 Å². The molecule has 316 valence electrons. The highest BCUT2D eigenvalue weighted by molar-refractivity contribution is 5.99. The maximum atomic E-state index is 14.3. The summed E-state index contributed by atoms with van der Waals surface area (Å²) in [5.74, 6) is -7.12. The molecule has 1 unspecified atom stereocenters. The van der Waals surface area contributed by atoms with Gasteiger partial charge in [-0.3, -0.25) is 9.59 Å². The van der Waals surface area contributed by atoms with Crippen LogP contribution in [0, 0.1) is 23.3 Å². The van der Waals surface area contributed by atoms with E-state index in [2.05, 4.69) is 30.6 Å². The minimum Gasteiger partial charge on any atom is -0.479 e. The summed E-state index contributed by atoms with van der Waals surface area (Å²) in [6.45, 7) is 2.57. The van der Waals surface area contributed by atoms with Crippen molar-refractivity contribution >= 4 is 23.8 Å². The first-order valence-electron chi connectivity index (χ1n) is 18.7. The molecule has 8 rings (SSSR count). The number of amides is 2. The van der Waals surface area contributed by atoms with E-state index >= 15 is 0 Å². The van der Waals surface area contributed by atoms with E-state index in [1.807, 2.05) is 0 Å². The minimum atomic E-state index is -2.05. The topological polar surface area (TPSA) is 225 Å². The van der Waals surface area contributed by atoms with Gasteiger partial charge in [-0.15, -0.1) is 0 Å². The first kappa shape index (κ1) is 42.7. The molecule has 0 bridgehead atoms. The molecular weight excluding hydrogens is 817 g/mol. The number of nitrogens with zero attached hydrogens (tertiary/aromatic N) is 4. The quantitative estimate of drug-likeness (QED) is 0.0992. The average Bonchev–Trinajstić information content (AvgIpc) is 3.80. The van der Waals surface area contributed by atoms with Gasteiger partial charge in [0.25, 0.3) is 11.8 Å². The van der Waals surface area contributed by atoms with Crippen LogP contribution in [-0.4, -0.2) is 64.1 Å². The number of aliphatic hydroxyl groups is 2. The molecule has 0 radical (unpaired) electrons. The lowest BCUT2D eigenvalue weighted by molar-refractivity contribution is -0.158. The fourth-order valence-corrected chi connectivity index (χ4v) is 6.83. The second-order valence-electron chi connectivity index (χ2n) is 14.7. The number of rotatable bonds is 10. The van der Waals surface area contributed by atoms with Crippen molar-refractivity contribution in [3.8, 4) is 22.8 Å². The second kappa shape index (κ2) is 16.5. The Kier molecular flexibility index (Phi) is 11.4. The number of carbonyl (C=O) groups is 4. The monoisotopic (exact) mass is 850 g/mol. The van der Waals surface area contributed by atoms with Gasteiger partial charge in [-0.25, -0.2) is 47.1 Å². The van der Waals surface area contributed by atoms with Crippen LogP contribution in [0.15, 0.2) is 84.9 Å². The third-order valence-electron chi connectivity index (χ3n) is 10.4. The van der Waals surface area contributed by atoms with E-state index in [0.717, 1.165) is 24.3 Å². The van der Waals surface area contributed by atoms with Crippen LogP contribution >= 0.6 is 0 Å². The molecule has 6 N–H and O–H groups in total. The van der Waals surface area contributed by atoms with Crippen molar-refractivity contribution in [1.29, 1.82) is 0 Å². The number of fused-ring (bicyclic) bond motifs is 2. The predicted octanol–water partition coefficient (Wildman–Crippen LogP) is 5.10. The third-order valence-corrected chi connectivity index (χ3v) is 10.4. The van der Waals surface area contributed by atoms with Gasteiger partial charge in [-0.1, -0.05) is 60.7 Å². The number of hydrogen-bond acceptors (Lipinski definition) is 10. The Morgan fingerprint density at radius 2 is 0.871 bits per heavy atom. The molecular formula is C44H34F4N6O8. The average molecular weight is 851 g/mol. The van der Waals surface area contributed by atoms with Crippen LogP contribution in [0.25, 0.3) is 22.8 Å². The van der Waals surface area contributed by atoms with Crippen LogP contribution in [0.1, 0.15) is 79.6 Å². The molecule has 2 aliphatic heterocycles. The highest BCUT2D eigenvalue weighted by Crippen LogP contribution is 2.31. The minimum absolute atomic E-state index is 0.118. The number of aromatic nitrogens is 4. The van der Waals surface area contributed by atoms with Gasteiger partial charge in [0, 0.05) is 12.8 Å². The maximum absolute atomic E-state index is 14.3. The van der Waals surface area contributed by atoms with Gasteiger partial charge >= 0.3 is 11.9 Å². The van der Waals surface area contributed by atoms with Gasteiger partial charge in [0.2, 0.25) is 0 Å². The van der Waals surface area contributed by atoms with Crippen molar-refractivity contribution in [3.05, 3.63) is 164 Å². The fourth-order valence-electron chi connectivity index (χ4n) is 6.83.